The van der Waals surface area contributed by atoms with Crippen molar-refractivity contribution in [2.45, 2.75) is 83.7 Å². The second kappa shape index (κ2) is 9.20. The van der Waals surface area contributed by atoms with Gasteiger partial charge in [-0.1, -0.05) is 26.7 Å². The summed E-state index contributed by atoms with van der Waals surface area (Å²) in [6.45, 7) is 3.58. The van der Waals surface area contributed by atoms with Crippen LogP contribution in [0, 0.1) is 17.8 Å². The van der Waals surface area contributed by atoms with Gasteiger partial charge in [0.1, 0.15) is 6.04 Å². The highest BCUT2D eigenvalue weighted by molar-refractivity contribution is 5.85. The highest BCUT2D eigenvalue weighted by atomic mass is 16.4. The molecule has 2 rings (SSSR count). The number of hydrogen-bond donors (Lipinski definition) is 3. The third kappa shape index (κ3) is 6.01. The van der Waals surface area contributed by atoms with E-state index >= 15 is 0 Å². The molecule has 0 radical (unpaired) electrons. The van der Waals surface area contributed by atoms with Gasteiger partial charge in [-0.25, -0.2) is 4.79 Å². The van der Waals surface area contributed by atoms with E-state index in [-0.39, 0.29) is 29.7 Å². The van der Waals surface area contributed by atoms with Gasteiger partial charge in [0.2, 0.25) is 11.8 Å². The first-order valence-electron chi connectivity index (χ1n) is 9.69. The average molecular weight is 352 g/mol. The van der Waals surface area contributed by atoms with E-state index in [9.17, 15) is 19.5 Å². The van der Waals surface area contributed by atoms with E-state index in [1.807, 2.05) is 0 Å². The molecule has 3 N–H and O–H groups in total. The van der Waals surface area contributed by atoms with Crippen LogP contribution < -0.4 is 10.6 Å². The maximum absolute atomic E-state index is 12.3. The summed E-state index contributed by atoms with van der Waals surface area (Å²) in [7, 11) is 0. The van der Waals surface area contributed by atoms with Gasteiger partial charge in [0.15, 0.2) is 0 Å². The number of amides is 2. The van der Waals surface area contributed by atoms with Gasteiger partial charge in [0.25, 0.3) is 0 Å². The molecule has 0 unspecified atom stereocenters. The van der Waals surface area contributed by atoms with Crippen LogP contribution in [-0.2, 0) is 14.4 Å². The normalized spacial score (nSPS) is 25.6. The summed E-state index contributed by atoms with van der Waals surface area (Å²) in [5.41, 5.74) is 0. The Kier molecular flexibility index (Phi) is 7.26. The summed E-state index contributed by atoms with van der Waals surface area (Å²) in [6, 6.07) is -0.685. The Morgan fingerprint density at radius 3 is 2.12 bits per heavy atom. The van der Waals surface area contributed by atoms with Crippen LogP contribution in [0.4, 0.5) is 0 Å². The molecule has 2 amide bonds. The highest BCUT2D eigenvalue weighted by Crippen LogP contribution is 2.28. The van der Waals surface area contributed by atoms with E-state index < -0.39 is 12.0 Å². The van der Waals surface area contributed by atoms with Gasteiger partial charge in [-0.15, -0.1) is 0 Å². The van der Waals surface area contributed by atoms with Crippen molar-refractivity contribution < 1.29 is 19.5 Å². The van der Waals surface area contributed by atoms with Crippen molar-refractivity contribution in [1.82, 2.24) is 10.6 Å². The van der Waals surface area contributed by atoms with Crippen LogP contribution >= 0.6 is 0 Å². The number of hydrogen-bond acceptors (Lipinski definition) is 3. The summed E-state index contributed by atoms with van der Waals surface area (Å²) in [5.74, 6) is -0.763. The zero-order chi connectivity index (χ0) is 18.4. The molecule has 0 aromatic rings. The molecule has 6 nitrogen and oxygen atoms in total. The van der Waals surface area contributed by atoms with E-state index in [1.54, 1.807) is 13.8 Å². The van der Waals surface area contributed by atoms with Crippen molar-refractivity contribution in [2.24, 2.45) is 17.8 Å². The van der Waals surface area contributed by atoms with E-state index in [0.717, 1.165) is 12.8 Å². The van der Waals surface area contributed by atoms with Crippen LogP contribution in [-0.4, -0.2) is 35.0 Å². The zero-order valence-corrected chi connectivity index (χ0v) is 15.4. The molecule has 0 bridgehead atoms. The lowest BCUT2D eigenvalue weighted by molar-refractivity contribution is -0.144. The van der Waals surface area contributed by atoms with E-state index in [1.165, 1.54) is 25.7 Å². The van der Waals surface area contributed by atoms with E-state index in [2.05, 4.69) is 10.6 Å². The first-order valence-corrected chi connectivity index (χ1v) is 9.69. The summed E-state index contributed by atoms with van der Waals surface area (Å²) in [4.78, 5) is 35.6. The van der Waals surface area contributed by atoms with Crippen molar-refractivity contribution in [2.75, 3.05) is 0 Å². The molecule has 0 aromatic heterocycles. The Labute approximate surface area is 150 Å². The maximum atomic E-state index is 12.3. The minimum absolute atomic E-state index is 0.144. The fourth-order valence-corrected chi connectivity index (χ4v) is 4.05. The summed E-state index contributed by atoms with van der Waals surface area (Å²) in [6.07, 6.45) is 8.42. The first-order chi connectivity index (χ1) is 11.9. The Morgan fingerprint density at radius 1 is 1.00 bits per heavy atom. The van der Waals surface area contributed by atoms with Crippen LogP contribution in [0.1, 0.15) is 71.6 Å². The van der Waals surface area contributed by atoms with E-state index in [0.29, 0.717) is 25.2 Å². The van der Waals surface area contributed by atoms with Crippen LogP contribution in [0.25, 0.3) is 0 Å². The number of carbonyl (C=O) groups is 3. The molecule has 2 saturated carbocycles. The number of rotatable bonds is 7. The topological polar surface area (TPSA) is 95.5 Å². The minimum atomic E-state index is -0.990. The molecule has 2 fully saturated rings. The monoisotopic (exact) mass is 352 g/mol. The van der Waals surface area contributed by atoms with Gasteiger partial charge < -0.3 is 15.7 Å². The molecule has 0 spiro atoms. The van der Waals surface area contributed by atoms with E-state index in [4.69, 9.17) is 0 Å². The molecule has 0 aromatic carbocycles. The van der Waals surface area contributed by atoms with Crippen LogP contribution in [0.5, 0.6) is 0 Å². The minimum Gasteiger partial charge on any atom is -0.480 e. The molecule has 6 heteroatoms. The molecule has 1 atom stereocenters. The third-order valence-electron chi connectivity index (χ3n) is 5.64. The molecule has 0 saturated heterocycles. The number of carbonyl (C=O) groups excluding carboxylic acids is 2. The van der Waals surface area contributed by atoms with Crippen LogP contribution in [0.3, 0.4) is 0 Å². The van der Waals surface area contributed by atoms with Crippen molar-refractivity contribution in [1.29, 1.82) is 0 Å². The smallest absolute Gasteiger partial charge is 0.326 e. The van der Waals surface area contributed by atoms with Crippen LogP contribution in [0.2, 0.25) is 0 Å². The summed E-state index contributed by atoms with van der Waals surface area (Å²) < 4.78 is 0. The van der Waals surface area contributed by atoms with Crippen molar-refractivity contribution >= 4 is 17.8 Å². The van der Waals surface area contributed by atoms with Gasteiger partial charge in [0, 0.05) is 18.4 Å². The standard InChI is InChI=1S/C19H32N2O4/c1-12(2)17(19(24)25)21-18(23)14-7-9-15(10-8-14)20-16(22)11-13-5-3-4-6-13/h12-15,17H,3-11H2,1-2H3,(H,20,22)(H,21,23)(H,24,25)/t14?,15?,17-/m0/s1. The largest absolute Gasteiger partial charge is 0.480 e. The van der Waals surface area contributed by atoms with Gasteiger partial charge >= 0.3 is 5.97 Å². The van der Waals surface area contributed by atoms with Crippen LogP contribution in [0.15, 0.2) is 0 Å². The predicted octanol–water partition coefficient (Wildman–Crippen LogP) is 2.47. The SMILES string of the molecule is CC(C)[C@H](NC(=O)C1CCC(NC(=O)CC2CCCC2)CC1)C(=O)O. The summed E-state index contributed by atoms with van der Waals surface area (Å²) >= 11 is 0. The van der Waals surface area contributed by atoms with Crippen molar-refractivity contribution in [3.8, 4) is 0 Å². The lowest BCUT2D eigenvalue weighted by Crippen LogP contribution is -2.48. The maximum Gasteiger partial charge on any atom is 0.326 e. The first kappa shape index (κ1) is 19.7. The summed E-state index contributed by atoms with van der Waals surface area (Å²) in [5, 5.41) is 15.0. The van der Waals surface area contributed by atoms with Gasteiger partial charge in [-0.05, 0) is 50.4 Å². The molecule has 2 aliphatic carbocycles. The Hall–Kier alpha value is -1.59. The Morgan fingerprint density at radius 2 is 1.60 bits per heavy atom. The third-order valence-corrected chi connectivity index (χ3v) is 5.64. The second-order valence-electron chi connectivity index (χ2n) is 8.04. The Bertz CT molecular complexity index is 478. The highest BCUT2D eigenvalue weighted by Gasteiger charge is 2.31. The lowest BCUT2D eigenvalue weighted by Gasteiger charge is -2.30. The molecule has 25 heavy (non-hydrogen) atoms. The molecular weight excluding hydrogens is 320 g/mol. The van der Waals surface area contributed by atoms with Gasteiger partial charge in [-0.2, -0.15) is 0 Å². The second-order valence-corrected chi connectivity index (χ2v) is 8.04. The number of carboxylic acids is 1. The fourth-order valence-electron chi connectivity index (χ4n) is 4.05. The molecule has 142 valence electrons. The zero-order valence-electron chi connectivity index (χ0n) is 15.4. The van der Waals surface area contributed by atoms with Gasteiger partial charge in [0.05, 0.1) is 0 Å². The fraction of sp³-hybridized carbons (Fsp3) is 0.842. The van der Waals surface area contributed by atoms with Crippen molar-refractivity contribution in [3.63, 3.8) is 0 Å². The molecule has 0 aliphatic heterocycles. The molecule has 2 aliphatic rings. The Balaban J connectivity index is 1.72. The molecular formula is C19H32N2O4. The average Bonchev–Trinajstić information content (AvgIpc) is 3.05. The molecule has 0 heterocycles. The van der Waals surface area contributed by atoms with Crippen molar-refractivity contribution in [3.05, 3.63) is 0 Å². The predicted molar refractivity (Wildman–Crippen MR) is 94.9 cm³/mol. The number of nitrogens with one attached hydrogen (secondary N) is 2. The number of aliphatic carboxylic acids is 1. The number of carboxylic acid groups (broad SMARTS) is 1. The van der Waals surface area contributed by atoms with Gasteiger partial charge in [-0.3, -0.25) is 9.59 Å². The quantitative estimate of drug-likeness (QED) is 0.656. The lowest BCUT2D eigenvalue weighted by atomic mass is 9.85.